The van der Waals surface area contributed by atoms with Crippen LogP contribution in [0.4, 0.5) is 5.69 Å². The molecule has 0 bridgehead atoms. The molecule has 0 fully saturated rings. The van der Waals surface area contributed by atoms with Gasteiger partial charge in [0.05, 0.1) is 25.8 Å². The highest BCUT2D eigenvalue weighted by Gasteiger charge is 2.12. The van der Waals surface area contributed by atoms with E-state index < -0.39 is 5.91 Å². The lowest BCUT2D eigenvalue weighted by atomic mass is 10.2. The van der Waals surface area contributed by atoms with Crippen LogP contribution in [-0.4, -0.2) is 32.1 Å². The Balaban J connectivity index is 1.82. The summed E-state index contributed by atoms with van der Waals surface area (Å²) in [7, 11) is 1.59. The van der Waals surface area contributed by atoms with Crippen molar-refractivity contribution in [1.82, 2.24) is 10.9 Å². The summed E-state index contributed by atoms with van der Waals surface area (Å²) in [6.07, 6.45) is 0. The van der Waals surface area contributed by atoms with Gasteiger partial charge in [0.2, 0.25) is 0 Å². The molecule has 2 rings (SSSR count). The number of rotatable bonds is 7. The molecule has 0 aliphatic carbocycles. The zero-order chi connectivity index (χ0) is 18.1. The third-order valence-electron chi connectivity index (χ3n) is 3.29. The van der Waals surface area contributed by atoms with Crippen LogP contribution < -0.4 is 25.6 Å². The summed E-state index contributed by atoms with van der Waals surface area (Å²) in [5.74, 6) is 0.378. The number of amides is 2. The number of nitrogens with one attached hydrogen (secondary N) is 3. The summed E-state index contributed by atoms with van der Waals surface area (Å²) in [5.41, 5.74) is 5.86. The molecule has 0 unspecified atom stereocenters. The van der Waals surface area contributed by atoms with Gasteiger partial charge in [-0.3, -0.25) is 20.4 Å². The van der Waals surface area contributed by atoms with Crippen molar-refractivity contribution in [3.05, 3.63) is 54.1 Å². The molecule has 7 nitrogen and oxygen atoms in total. The van der Waals surface area contributed by atoms with Crippen molar-refractivity contribution in [3.63, 3.8) is 0 Å². The summed E-state index contributed by atoms with van der Waals surface area (Å²) in [5, 5.41) is 2.95. The Kier molecular flexibility index (Phi) is 6.65. The lowest BCUT2D eigenvalue weighted by molar-refractivity contribution is -0.120. The van der Waals surface area contributed by atoms with E-state index in [1.54, 1.807) is 55.6 Å². The molecule has 2 aromatic carbocycles. The molecule has 0 aliphatic heterocycles. The molecule has 0 aliphatic rings. The van der Waals surface area contributed by atoms with Crippen molar-refractivity contribution in [2.24, 2.45) is 0 Å². The Morgan fingerprint density at radius 1 is 1.00 bits per heavy atom. The van der Waals surface area contributed by atoms with E-state index in [9.17, 15) is 9.59 Å². The molecule has 25 heavy (non-hydrogen) atoms. The second-order valence-corrected chi connectivity index (χ2v) is 5.01. The van der Waals surface area contributed by atoms with Crippen LogP contribution in [-0.2, 0) is 4.79 Å². The standard InChI is InChI=1S/C18H21N3O4/c1-3-25-16-7-5-4-6-15(16)18(23)21-20-17(22)12-19-13-8-10-14(24-2)11-9-13/h4-11,19H,3,12H2,1-2H3,(H,20,22)(H,21,23). The predicted octanol–water partition coefficient (Wildman–Crippen LogP) is 1.97. The fraction of sp³-hybridized carbons (Fsp3) is 0.222. The molecule has 0 saturated heterocycles. The number of hydrogen-bond donors (Lipinski definition) is 3. The number of carbonyl (C=O) groups excluding carboxylic acids is 2. The van der Waals surface area contributed by atoms with Gasteiger partial charge in [0.15, 0.2) is 0 Å². The maximum Gasteiger partial charge on any atom is 0.273 e. The summed E-state index contributed by atoms with van der Waals surface area (Å²) in [6.45, 7) is 2.30. The number of benzene rings is 2. The van der Waals surface area contributed by atoms with Crippen LogP contribution in [0, 0.1) is 0 Å². The van der Waals surface area contributed by atoms with Crippen LogP contribution in [0.25, 0.3) is 0 Å². The molecule has 2 amide bonds. The molecule has 3 N–H and O–H groups in total. The van der Waals surface area contributed by atoms with Crippen LogP contribution in [0.5, 0.6) is 11.5 Å². The quantitative estimate of drug-likeness (QED) is 0.669. The Labute approximate surface area is 146 Å². The first-order valence-corrected chi connectivity index (χ1v) is 7.83. The molecular weight excluding hydrogens is 322 g/mol. The van der Waals surface area contributed by atoms with Gasteiger partial charge in [-0.1, -0.05) is 12.1 Å². The average molecular weight is 343 g/mol. The molecule has 132 valence electrons. The monoisotopic (exact) mass is 343 g/mol. The van der Waals surface area contributed by atoms with E-state index in [0.29, 0.717) is 17.9 Å². The van der Waals surface area contributed by atoms with Crippen molar-refractivity contribution < 1.29 is 19.1 Å². The highest BCUT2D eigenvalue weighted by Crippen LogP contribution is 2.17. The van der Waals surface area contributed by atoms with Gasteiger partial charge in [-0.05, 0) is 43.3 Å². The normalized spacial score (nSPS) is 9.84. The number of hydrazine groups is 1. The van der Waals surface area contributed by atoms with Gasteiger partial charge in [-0.25, -0.2) is 0 Å². The van der Waals surface area contributed by atoms with Crippen LogP contribution in [0.2, 0.25) is 0 Å². The molecule has 0 atom stereocenters. The van der Waals surface area contributed by atoms with Gasteiger partial charge in [0.1, 0.15) is 11.5 Å². The molecule has 0 aromatic heterocycles. The second-order valence-electron chi connectivity index (χ2n) is 5.01. The molecule has 0 heterocycles. The number of carbonyl (C=O) groups is 2. The van der Waals surface area contributed by atoms with E-state index in [4.69, 9.17) is 9.47 Å². The summed E-state index contributed by atoms with van der Waals surface area (Å²) < 4.78 is 10.5. The Morgan fingerprint density at radius 2 is 1.72 bits per heavy atom. The number of anilines is 1. The minimum Gasteiger partial charge on any atom is -0.497 e. The van der Waals surface area contributed by atoms with Gasteiger partial charge in [-0.2, -0.15) is 0 Å². The first-order valence-electron chi connectivity index (χ1n) is 7.83. The topological polar surface area (TPSA) is 88.7 Å². The van der Waals surface area contributed by atoms with E-state index in [0.717, 1.165) is 11.4 Å². The fourth-order valence-corrected chi connectivity index (χ4v) is 2.06. The fourth-order valence-electron chi connectivity index (χ4n) is 2.06. The smallest absolute Gasteiger partial charge is 0.273 e. The molecule has 2 aromatic rings. The lowest BCUT2D eigenvalue weighted by Gasteiger charge is -2.12. The zero-order valence-corrected chi connectivity index (χ0v) is 14.2. The number of hydrogen-bond acceptors (Lipinski definition) is 5. The minimum absolute atomic E-state index is 0.0136. The van der Waals surface area contributed by atoms with Gasteiger partial charge in [0.25, 0.3) is 11.8 Å². The third kappa shape index (κ3) is 5.42. The number of ether oxygens (including phenoxy) is 2. The van der Waals surface area contributed by atoms with Crippen LogP contribution in [0.3, 0.4) is 0 Å². The largest absolute Gasteiger partial charge is 0.497 e. The van der Waals surface area contributed by atoms with E-state index in [-0.39, 0.29) is 12.5 Å². The van der Waals surface area contributed by atoms with Crippen LogP contribution >= 0.6 is 0 Å². The summed E-state index contributed by atoms with van der Waals surface area (Å²) >= 11 is 0. The predicted molar refractivity (Wildman–Crippen MR) is 94.7 cm³/mol. The Hall–Kier alpha value is -3.22. The Morgan fingerprint density at radius 3 is 2.40 bits per heavy atom. The molecule has 0 saturated carbocycles. The summed E-state index contributed by atoms with van der Waals surface area (Å²) in [4.78, 5) is 24.0. The molecular formula is C18H21N3O4. The third-order valence-corrected chi connectivity index (χ3v) is 3.29. The van der Waals surface area contributed by atoms with E-state index in [1.165, 1.54) is 0 Å². The second kappa shape index (κ2) is 9.17. The van der Waals surface area contributed by atoms with E-state index >= 15 is 0 Å². The van der Waals surface area contributed by atoms with Gasteiger partial charge in [-0.15, -0.1) is 0 Å². The molecule has 0 spiro atoms. The number of para-hydroxylation sites is 1. The van der Waals surface area contributed by atoms with Crippen molar-refractivity contribution in [2.45, 2.75) is 6.92 Å². The van der Waals surface area contributed by atoms with Gasteiger partial charge >= 0.3 is 0 Å². The maximum atomic E-state index is 12.1. The first kappa shape index (κ1) is 18.1. The zero-order valence-electron chi connectivity index (χ0n) is 14.2. The van der Waals surface area contributed by atoms with Gasteiger partial charge < -0.3 is 14.8 Å². The molecule has 0 radical (unpaired) electrons. The highest BCUT2D eigenvalue weighted by atomic mass is 16.5. The minimum atomic E-state index is -0.443. The van der Waals surface area contributed by atoms with Gasteiger partial charge in [0, 0.05) is 5.69 Å². The van der Waals surface area contributed by atoms with E-state index in [2.05, 4.69) is 16.2 Å². The van der Waals surface area contributed by atoms with E-state index in [1.807, 2.05) is 6.92 Å². The van der Waals surface area contributed by atoms with Crippen molar-refractivity contribution in [2.75, 3.05) is 25.6 Å². The van der Waals surface area contributed by atoms with Crippen LogP contribution in [0.1, 0.15) is 17.3 Å². The van der Waals surface area contributed by atoms with Crippen molar-refractivity contribution in [1.29, 1.82) is 0 Å². The SMILES string of the molecule is CCOc1ccccc1C(=O)NNC(=O)CNc1ccc(OC)cc1. The number of methoxy groups -OCH3 is 1. The Bertz CT molecular complexity index is 717. The summed E-state index contributed by atoms with van der Waals surface area (Å²) in [6, 6.07) is 14.0. The van der Waals surface area contributed by atoms with Crippen LogP contribution in [0.15, 0.2) is 48.5 Å². The first-order chi connectivity index (χ1) is 12.1. The van der Waals surface area contributed by atoms with Crippen molar-refractivity contribution >= 4 is 17.5 Å². The average Bonchev–Trinajstić information content (AvgIpc) is 2.65. The maximum absolute atomic E-state index is 12.1. The molecule has 7 heteroatoms. The highest BCUT2D eigenvalue weighted by molar-refractivity contribution is 5.98. The lowest BCUT2D eigenvalue weighted by Crippen LogP contribution is -2.44. The van der Waals surface area contributed by atoms with Crippen molar-refractivity contribution in [3.8, 4) is 11.5 Å².